The summed E-state index contributed by atoms with van der Waals surface area (Å²) in [6.07, 6.45) is 1.01. The first-order valence-electron chi connectivity index (χ1n) is 8.01. The summed E-state index contributed by atoms with van der Waals surface area (Å²) in [6, 6.07) is 9.82. The SMILES string of the molecule is CN(C)CCCOc1ccc(-n2nc(C(C)(C)C)cc2N)cc1. The summed E-state index contributed by atoms with van der Waals surface area (Å²) in [5, 5.41) is 4.62. The summed E-state index contributed by atoms with van der Waals surface area (Å²) in [4.78, 5) is 2.15. The molecule has 0 unspecified atom stereocenters. The molecule has 2 N–H and O–H groups in total. The van der Waals surface area contributed by atoms with Gasteiger partial charge < -0.3 is 15.4 Å². The van der Waals surface area contributed by atoms with Crippen LogP contribution in [0.4, 0.5) is 5.82 Å². The van der Waals surface area contributed by atoms with E-state index >= 15 is 0 Å². The highest BCUT2D eigenvalue weighted by atomic mass is 16.5. The van der Waals surface area contributed by atoms with Crippen molar-refractivity contribution in [1.29, 1.82) is 0 Å². The predicted molar refractivity (Wildman–Crippen MR) is 95.3 cm³/mol. The summed E-state index contributed by atoms with van der Waals surface area (Å²) < 4.78 is 7.52. The summed E-state index contributed by atoms with van der Waals surface area (Å²) in [5.74, 6) is 1.52. The number of nitrogens with two attached hydrogens (primary N) is 1. The Morgan fingerprint density at radius 1 is 1.17 bits per heavy atom. The fourth-order valence-electron chi connectivity index (χ4n) is 2.22. The van der Waals surface area contributed by atoms with Crippen molar-refractivity contribution in [3.63, 3.8) is 0 Å². The van der Waals surface area contributed by atoms with Crippen LogP contribution < -0.4 is 10.5 Å². The quantitative estimate of drug-likeness (QED) is 0.832. The van der Waals surface area contributed by atoms with Crippen LogP contribution in [0, 0.1) is 0 Å². The van der Waals surface area contributed by atoms with Crippen molar-refractivity contribution < 1.29 is 4.74 Å². The smallest absolute Gasteiger partial charge is 0.127 e. The van der Waals surface area contributed by atoms with Crippen molar-refractivity contribution in [2.45, 2.75) is 32.6 Å². The molecule has 0 aliphatic heterocycles. The van der Waals surface area contributed by atoms with Crippen LogP contribution in [0.5, 0.6) is 5.75 Å². The maximum absolute atomic E-state index is 6.10. The van der Waals surface area contributed by atoms with Gasteiger partial charge >= 0.3 is 0 Å². The summed E-state index contributed by atoms with van der Waals surface area (Å²) >= 11 is 0. The third-order valence-electron chi connectivity index (χ3n) is 3.61. The van der Waals surface area contributed by atoms with E-state index in [9.17, 15) is 0 Å². The van der Waals surface area contributed by atoms with Crippen LogP contribution >= 0.6 is 0 Å². The Bertz CT molecular complexity index is 623. The number of hydrogen-bond acceptors (Lipinski definition) is 4. The fourth-order valence-corrected chi connectivity index (χ4v) is 2.22. The van der Waals surface area contributed by atoms with Crippen molar-refractivity contribution in [3.05, 3.63) is 36.0 Å². The Balaban J connectivity index is 2.04. The molecular weight excluding hydrogens is 288 g/mol. The van der Waals surface area contributed by atoms with Crippen molar-refractivity contribution in [2.75, 3.05) is 33.0 Å². The van der Waals surface area contributed by atoms with E-state index in [1.54, 1.807) is 4.68 Å². The van der Waals surface area contributed by atoms with Crippen molar-refractivity contribution in [1.82, 2.24) is 14.7 Å². The molecule has 126 valence electrons. The van der Waals surface area contributed by atoms with Crippen molar-refractivity contribution >= 4 is 5.82 Å². The molecule has 0 fully saturated rings. The van der Waals surface area contributed by atoms with Crippen LogP contribution in [0.1, 0.15) is 32.9 Å². The Hall–Kier alpha value is -2.01. The van der Waals surface area contributed by atoms with E-state index in [0.29, 0.717) is 5.82 Å². The number of rotatable bonds is 6. The second kappa shape index (κ2) is 7.04. The Labute approximate surface area is 139 Å². The highest BCUT2D eigenvalue weighted by Gasteiger charge is 2.19. The minimum Gasteiger partial charge on any atom is -0.494 e. The molecule has 1 heterocycles. The van der Waals surface area contributed by atoms with Gasteiger partial charge in [-0.2, -0.15) is 5.10 Å². The predicted octanol–water partition coefficient (Wildman–Crippen LogP) is 3.08. The molecule has 2 aromatic rings. The van der Waals surface area contributed by atoms with Gasteiger partial charge in [0, 0.05) is 18.0 Å². The third-order valence-corrected chi connectivity index (χ3v) is 3.61. The molecule has 5 nitrogen and oxygen atoms in total. The third kappa shape index (κ3) is 4.73. The molecule has 5 heteroatoms. The van der Waals surface area contributed by atoms with Crippen LogP contribution in [0.25, 0.3) is 5.69 Å². The Kier molecular flexibility index (Phi) is 5.31. The average molecular weight is 316 g/mol. The van der Waals surface area contributed by atoms with Gasteiger partial charge in [0.15, 0.2) is 0 Å². The van der Waals surface area contributed by atoms with Crippen molar-refractivity contribution in [3.8, 4) is 11.4 Å². The first-order chi connectivity index (χ1) is 10.8. The van der Waals surface area contributed by atoms with E-state index < -0.39 is 0 Å². The lowest BCUT2D eigenvalue weighted by atomic mass is 9.92. The lowest BCUT2D eigenvalue weighted by Crippen LogP contribution is -2.15. The Morgan fingerprint density at radius 2 is 1.83 bits per heavy atom. The van der Waals surface area contributed by atoms with Gasteiger partial charge in [0.25, 0.3) is 0 Å². The normalized spacial score (nSPS) is 11.9. The summed E-state index contributed by atoms with van der Waals surface area (Å²) in [5.41, 5.74) is 8.01. The highest BCUT2D eigenvalue weighted by Crippen LogP contribution is 2.25. The molecule has 0 spiro atoms. The first kappa shape index (κ1) is 17.3. The van der Waals surface area contributed by atoms with Gasteiger partial charge in [-0.25, -0.2) is 4.68 Å². The zero-order valence-electron chi connectivity index (χ0n) is 14.8. The summed E-state index contributed by atoms with van der Waals surface area (Å²) in [6.45, 7) is 8.13. The van der Waals surface area contributed by atoms with E-state index in [1.807, 2.05) is 30.3 Å². The molecule has 0 aliphatic rings. The van der Waals surface area contributed by atoms with E-state index in [1.165, 1.54) is 0 Å². The maximum Gasteiger partial charge on any atom is 0.127 e. The monoisotopic (exact) mass is 316 g/mol. The van der Waals surface area contributed by atoms with E-state index in [4.69, 9.17) is 10.5 Å². The van der Waals surface area contributed by atoms with Crippen LogP contribution in [0.2, 0.25) is 0 Å². The van der Waals surface area contributed by atoms with Gasteiger partial charge in [-0.1, -0.05) is 20.8 Å². The van der Waals surface area contributed by atoms with Crippen molar-refractivity contribution in [2.24, 2.45) is 0 Å². The van der Waals surface area contributed by atoms with Crippen LogP contribution in [0.15, 0.2) is 30.3 Å². The van der Waals surface area contributed by atoms with E-state index in [2.05, 4.69) is 44.9 Å². The molecule has 0 saturated heterocycles. The van der Waals surface area contributed by atoms with Gasteiger partial charge in [0.2, 0.25) is 0 Å². The molecule has 1 aromatic heterocycles. The number of ether oxygens (including phenoxy) is 1. The van der Waals surface area contributed by atoms with E-state index in [-0.39, 0.29) is 5.41 Å². The van der Waals surface area contributed by atoms with Gasteiger partial charge in [0.1, 0.15) is 11.6 Å². The summed E-state index contributed by atoms with van der Waals surface area (Å²) in [7, 11) is 4.13. The second-order valence-corrected chi connectivity index (χ2v) is 7.12. The largest absolute Gasteiger partial charge is 0.494 e. The van der Waals surface area contributed by atoms with Gasteiger partial charge in [-0.3, -0.25) is 0 Å². The molecule has 0 aliphatic carbocycles. The standard InChI is InChI=1S/C18H28N4O/c1-18(2,3)16-13-17(19)22(20-16)14-7-9-15(10-8-14)23-12-6-11-21(4)5/h7-10,13H,6,11-12,19H2,1-5H3. The topological polar surface area (TPSA) is 56.3 Å². The number of anilines is 1. The lowest BCUT2D eigenvalue weighted by molar-refractivity contribution is 0.281. The Morgan fingerprint density at radius 3 is 2.35 bits per heavy atom. The molecule has 23 heavy (non-hydrogen) atoms. The van der Waals surface area contributed by atoms with Gasteiger partial charge in [-0.15, -0.1) is 0 Å². The first-order valence-corrected chi connectivity index (χ1v) is 8.01. The molecule has 0 atom stereocenters. The molecular formula is C18H28N4O. The average Bonchev–Trinajstić information content (AvgIpc) is 2.86. The fraction of sp³-hybridized carbons (Fsp3) is 0.500. The number of aromatic nitrogens is 2. The highest BCUT2D eigenvalue weighted by molar-refractivity contribution is 5.45. The molecule has 1 aromatic carbocycles. The number of nitrogen functional groups attached to an aromatic ring is 1. The van der Waals surface area contributed by atoms with Crippen LogP contribution in [-0.2, 0) is 5.41 Å². The maximum atomic E-state index is 6.10. The lowest BCUT2D eigenvalue weighted by Gasteiger charge is -2.14. The van der Waals surface area contributed by atoms with Gasteiger partial charge in [-0.05, 0) is 44.8 Å². The minimum atomic E-state index is -0.0190. The number of nitrogens with zero attached hydrogens (tertiary/aromatic N) is 3. The zero-order chi connectivity index (χ0) is 17.0. The zero-order valence-corrected chi connectivity index (χ0v) is 14.8. The molecule has 0 amide bonds. The van der Waals surface area contributed by atoms with Crippen LogP contribution in [0.3, 0.4) is 0 Å². The van der Waals surface area contributed by atoms with E-state index in [0.717, 1.165) is 36.7 Å². The molecule has 0 radical (unpaired) electrons. The number of benzene rings is 1. The number of hydrogen-bond donors (Lipinski definition) is 1. The second-order valence-electron chi connectivity index (χ2n) is 7.12. The molecule has 2 rings (SSSR count). The molecule has 0 saturated carbocycles. The minimum absolute atomic E-state index is 0.0190. The molecule has 0 bridgehead atoms. The van der Waals surface area contributed by atoms with Gasteiger partial charge in [0.05, 0.1) is 18.0 Å². The van der Waals surface area contributed by atoms with Crippen LogP contribution in [-0.4, -0.2) is 41.9 Å².